The molecule has 3 aromatic carbocycles. The van der Waals surface area contributed by atoms with Gasteiger partial charge in [0.15, 0.2) is 11.5 Å². The molecule has 1 N–H and O–H groups in total. The van der Waals surface area contributed by atoms with Crippen molar-refractivity contribution in [2.24, 2.45) is 0 Å². The molecule has 0 amide bonds. The lowest BCUT2D eigenvalue weighted by atomic mass is 10.1. The molecule has 4 nitrogen and oxygen atoms in total. The number of rotatable bonds is 9. The molecule has 34 heavy (non-hydrogen) atoms. The van der Waals surface area contributed by atoms with E-state index in [1.54, 1.807) is 18.2 Å². The van der Waals surface area contributed by atoms with Crippen LogP contribution in [0.5, 0.6) is 11.5 Å². The van der Waals surface area contributed by atoms with Crippen LogP contribution in [0, 0.1) is 5.82 Å². The van der Waals surface area contributed by atoms with E-state index in [2.05, 4.69) is 38.3 Å². The molecule has 0 saturated carbocycles. The first-order valence-corrected chi connectivity index (χ1v) is 12.8. The molecule has 7 heteroatoms. The van der Waals surface area contributed by atoms with Gasteiger partial charge in [0.25, 0.3) is 0 Å². The monoisotopic (exact) mass is 546 g/mol. The lowest BCUT2D eigenvalue weighted by Crippen LogP contribution is -2.29. The van der Waals surface area contributed by atoms with Crippen LogP contribution in [-0.2, 0) is 13.2 Å². The highest BCUT2D eigenvalue weighted by atomic mass is 79.9. The maximum Gasteiger partial charge on any atom is 0.175 e. The molecular formula is C27H29BrClFN2O2. The van der Waals surface area contributed by atoms with Crippen LogP contribution in [0.15, 0.2) is 59.1 Å². The number of ether oxygens (including phenoxy) is 2. The normalized spacial score (nSPS) is 13.6. The molecular weight excluding hydrogens is 519 g/mol. The Morgan fingerprint density at radius 3 is 2.56 bits per heavy atom. The van der Waals surface area contributed by atoms with Crippen LogP contribution in [0.4, 0.5) is 15.8 Å². The van der Waals surface area contributed by atoms with Crippen molar-refractivity contribution in [1.29, 1.82) is 0 Å². The van der Waals surface area contributed by atoms with Crippen molar-refractivity contribution < 1.29 is 13.9 Å². The molecule has 3 aromatic rings. The Bertz CT molecular complexity index is 1120. The van der Waals surface area contributed by atoms with Gasteiger partial charge in [0.05, 0.1) is 21.8 Å². The van der Waals surface area contributed by atoms with Gasteiger partial charge in [-0.1, -0.05) is 29.8 Å². The number of anilines is 2. The lowest BCUT2D eigenvalue weighted by Gasteiger charge is -2.29. The lowest BCUT2D eigenvalue weighted by molar-refractivity contribution is 0.264. The molecule has 0 radical (unpaired) electrons. The molecule has 1 saturated heterocycles. The minimum absolute atomic E-state index is 0.116. The zero-order valence-electron chi connectivity index (χ0n) is 19.3. The molecule has 0 unspecified atom stereocenters. The Balaban J connectivity index is 1.45. The van der Waals surface area contributed by atoms with Gasteiger partial charge in [-0.15, -0.1) is 0 Å². The fourth-order valence-corrected chi connectivity index (χ4v) is 5.01. The van der Waals surface area contributed by atoms with E-state index >= 15 is 0 Å². The Morgan fingerprint density at radius 1 is 1.03 bits per heavy atom. The first kappa shape index (κ1) is 24.7. The Kier molecular flexibility index (Phi) is 8.57. The predicted molar refractivity (Wildman–Crippen MR) is 141 cm³/mol. The van der Waals surface area contributed by atoms with Crippen LogP contribution < -0.4 is 19.7 Å². The molecule has 0 aromatic heterocycles. The van der Waals surface area contributed by atoms with E-state index in [1.807, 2.05) is 25.1 Å². The van der Waals surface area contributed by atoms with Crippen molar-refractivity contribution in [3.05, 3.63) is 81.0 Å². The second kappa shape index (κ2) is 11.8. The molecule has 4 rings (SSSR count). The zero-order chi connectivity index (χ0) is 23.9. The SMILES string of the molecule is CCOc1cc(CNc2ccc(N3CCCCC3)c(Cl)c2)cc(Br)c1OCc1ccccc1F. The van der Waals surface area contributed by atoms with E-state index in [9.17, 15) is 4.39 Å². The highest BCUT2D eigenvalue weighted by molar-refractivity contribution is 9.10. The van der Waals surface area contributed by atoms with Gasteiger partial charge in [0.1, 0.15) is 12.4 Å². The van der Waals surface area contributed by atoms with Crippen molar-refractivity contribution in [3.8, 4) is 11.5 Å². The number of nitrogens with one attached hydrogen (secondary N) is 1. The third-order valence-corrected chi connectivity index (χ3v) is 6.73. The average molecular weight is 548 g/mol. The molecule has 1 aliphatic heterocycles. The maximum absolute atomic E-state index is 14.0. The smallest absolute Gasteiger partial charge is 0.175 e. The fourth-order valence-electron chi connectivity index (χ4n) is 4.10. The predicted octanol–water partition coefficient (Wildman–Crippen LogP) is 7.82. The van der Waals surface area contributed by atoms with Gasteiger partial charge >= 0.3 is 0 Å². The maximum atomic E-state index is 14.0. The van der Waals surface area contributed by atoms with Gasteiger partial charge in [-0.05, 0) is 84.1 Å². The molecule has 0 bridgehead atoms. The summed E-state index contributed by atoms with van der Waals surface area (Å²) in [4.78, 5) is 2.36. The molecule has 180 valence electrons. The van der Waals surface area contributed by atoms with Crippen molar-refractivity contribution in [2.45, 2.75) is 39.3 Å². The number of hydrogen-bond acceptors (Lipinski definition) is 4. The number of benzene rings is 3. The summed E-state index contributed by atoms with van der Waals surface area (Å²) >= 11 is 10.2. The zero-order valence-corrected chi connectivity index (χ0v) is 21.6. The molecule has 1 aliphatic rings. The molecule has 0 spiro atoms. The van der Waals surface area contributed by atoms with Gasteiger partial charge in [-0.2, -0.15) is 0 Å². The highest BCUT2D eigenvalue weighted by Crippen LogP contribution is 2.38. The average Bonchev–Trinajstić information content (AvgIpc) is 2.84. The molecule has 1 heterocycles. The summed E-state index contributed by atoms with van der Waals surface area (Å²) < 4.78 is 26.5. The van der Waals surface area contributed by atoms with E-state index < -0.39 is 0 Å². The summed E-state index contributed by atoms with van der Waals surface area (Å²) in [5, 5.41) is 4.21. The number of hydrogen-bond donors (Lipinski definition) is 1. The van der Waals surface area contributed by atoms with Crippen LogP contribution in [0.3, 0.4) is 0 Å². The number of piperidine rings is 1. The second-order valence-electron chi connectivity index (χ2n) is 8.29. The van der Waals surface area contributed by atoms with Crippen LogP contribution in [0.1, 0.15) is 37.3 Å². The quantitative estimate of drug-likeness (QED) is 0.296. The summed E-state index contributed by atoms with van der Waals surface area (Å²) in [6.45, 7) is 5.24. The topological polar surface area (TPSA) is 33.7 Å². The van der Waals surface area contributed by atoms with Crippen LogP contribution in [0.2, 0.25) is 5.02 Å². The van der Waals surface area contributed by atoms with Gasteiger partial charge in [-0.25, -0.2) is 4.39 Å². The minimum atomic E-state index is -0.289. The number of nitrogens with zero attached hydrogens (tertiary/aromatic N) is 1. The summed E-state index contributed by atoms with van der Waals surface area (Å²) in [6.07, 6.45) is 3.72. The van der Waals surface area contributed by atoms with Crippen molar-refractivity contribution in [2.75, 3.05) is 29.9 Å². The highest BCUT2D eigenvalue weighted by Gasteiger charge is 2.16. The van der Waals surface area contributed by atoms with Crippen LogP contribution >= 0.6 is 27.5 Å². The van der Waals surface area contributed by atoms with Gasteiger partial charge in [0, 0.05) is 30.9 Å². The third-order valence-electron chi connectivity index (χ3n) is 5.84. The standard InChI is InChI=1S/C27H29BrClFN2O2/c1-2-33-26-15-19(14-22(28)27(26)34-18-20-8-4-5-9-24(20)30)17-31-21-10-11-25(23(29)16-21)32-12-6-3-7-13-32/h4-5,8-11,14-16,31H,2-3,6-7,12-13,17-18H2,1H3. The van der Waals surface area contributed by atoms with E-state index in [0.29, 0.717) is 30.2 Å². The summed E-state index contributed by atoms with van der Waals surface area (Å²) in [7, 11) is 0. The van der Waals surface area contributed by atoms with Crippen molar-refractivity contribution in [3.63, 3.8) is 0 Å². The van der Waals surface area contributed by atoms with E-state index in [1.165, 1.54) is 25.3 Å². The first-order chi connectivity index (χ1) is 16.5. The summed E-state index contributed by atoms with van der Waals surface area (Å²) in [5.74, 6) is 0.883. The van der Waals surface area contributed by atoms with Crippen LogP contribution in [-0.4, -0.2) is 19.7 Å². The van der Waals surface area contributed by atoms with E-state index in [0.717, 1.165) is 39.5 Å². The number of halogens is 3. The van der Waals surface area contributed by atoms with Gasteiger partial charge in [0.2, 0.25) is 0 Å². The van der Waals surface area contributed by atoms with Crippen molar-refractivity contribution >= 4 is 38.9 Å². The Hall–Kier alpha value is -2.44. The molecule has 1 fully saturated rings. The van der Waals surface area contributed by atoms with E-state index in [-0.39, 0.29) is 12.4 Å². The Morgan fingerprint density at radius 2 is 1.82 bits per heavy atom. The first-order valence-electron chi connectivity index (χ1n) is 11.6. The van der Waals surface area contributed by atoms with Crippen LogP contribution in [0.25, 0.3) is 0 Å². The molecule has 0 atom stereocenters. The third kappa shape index (κ3) is 6.16. The van der Waals surface area contributed by atoms with Gasteiger partial charge in [-0.3, -0.25) is 0 Å². The summed E-state index contributed by atoms with van der Waals surface area (Å²) in [6, 6.07) is 16.7. The minimum Gasteiger partial charge on any atom is -0.490 e. The van der Waals surface area contributed by atoms with E-state index in [4.69, 9.17) is 21.1 Å². The largest absolute Gasteiger partial charge is 0.490 e. The molecule has 0 aliphatic carbocycles. The fraction of sp³-hybridized carbons (Fsp3) is 0.333. The van der Waals surface area contributed by atoms with Crippen molar-refractivity contribution in [1.82, 2.24) is 0 Å². The Labute approximate surface area is 214 Å². The summed E-state index contributed by atoms with van der Waals surface area (Å²) in [5.41, 5.74) is 3.57. The van der Waals surface area contributed by atoms with Gasteiger partial charge < -0.3 is 19.7 Å². The second-order valence-corrected chi connectivity index (χ2v) is 9.55.